The molecule has 0 aliphatic rings. The Bertz CT molecular complexity index is 342. The summed E-state index contributed by atoms with van der Waals surface area (Å²) in [6.07, 6.45) is -1.05. The molecule has 1 aromatic rings. The SMILES string of the molecule is CC(COCCNC(=O)O)OCc1ccccc1. The van der Waals surface area contributed by atoms with E-state index in [-0.39, 0.29) is 6.10 Å². The molecule has 1 atom stereocenters. The lowest BCUT2D eigenvalue weighted by atomic mass is 10.2. The largest absolute Gasteiger partial charge is 0.465 e. The van der Waals surface area contributed by atoms with Gasteiger partial charge in [-0.2, -0.15) is 0 Å². The van der Waals surface area contributed by atoms with Gasteiger partial charge in [0.15, 0.2) is 0 Å². The van der Waals surface area contributed by atoms with Crippen LogP contribution in [-0.2, 0) is 16.1 Å². The van der Waals surface area contributed by atoms with Crippen LogP contribution in [0.3, 0.4) is 0 Å². The molecular weight excluding hydrogens is 234 g/mol. The van der Waals surface area contributed by atoms with Crippen molar-refractivity contribution in [1.29, 1.82) is 0 Å². The smallest absolute Gasteiger partial charge is 0.404 e. The third-order valence-corrected chi connectivity index (χ3v) is 2.25. The van der Waals surface area contributed by atoms with Gasteiger partial charge in [0.2, 0.25) is 0 Å². The molecule has 100 valence electrons. The van der Waals surface area contributed by atoms with Crippen molar-refractivity contribution in [3.8, 4) is 0 Å². The van der Waals surface area contributed by atoms with Gasteiger partial charge in [-0.1, -0.05) is 30.3 Å². The highest BCUT2D eigenvalue weighted by molar-refractivity contribution is 5.64. The van der Waals surface area contributed by atoms with Gasteiger partial charge in [-0.3, -0.25) is 0 Å². The maximum Gasteiger partial charge on any atom is 0.404 e. The van der Waals surface area contributed by atoms with Crippen LogP contribution in [-0.4, -0.2) is 37.1 Å². The number of hydrogen-bond acceptors (Lipinski definition) is 3. The maximum atomic E-state index is 10.2. The van der Waals surface area contributed by atoms with Crippen LogP contribution in [0.4, 0.5) is 4.79 Å². The normalized spacial score (nSPS) is 12.1. The molecular formula is C13H19NO4. The zero-order valence-electron chi connectivity index (χ0n) is 10.5. The zero-order valence-corrected chi connectivity index (χ0v) is 10.5. The molecule has 5 heteroatoms. The summed E-state index contributed by atoms with van der Waals surface area (Å²) >= 11 is 0. The van der Waals surface area contributed by atoms with Crippen molar-refractivity contribution in [3.63, 3.8) is 0 Å². The molecule has 0 fully saturated rings. The van der Waals surface area contributed by atoms with Gasteiger partial charge in [0.25, 0.3) is 0 Å². The van der Waals surface area contributed by atoms with Crippen molar-refractivity contribution in [2.75, 3.05) is 19.8 Å². The van der Waals surface area contributed by atoms with Crippen molar-refractivity contribution in [1.82, 2.24) is 5.32 Å². The Morgan fingerprint density at radius 3 is 2.78 bits per heavy atom. The molecule has 1 unspecified atom stereocenters. The molecule has 2 N–H and O–H groups in total. The van der Waals surface area contributed by atoms with E-state index in [0.717, 1.165) is 5.56 Å². The van der Waals surface area contributed by atoms with E-state index in [1.54, 1.807) is 0 Å². The molecule has 0 spiro atoms. The quantitative estimate of drug-likeness (QED) is 0.694. The zero-order chi connectivity index (χ0) is 13.2. The molecule has 5 nitrogen and oxygen atoms in total. The van der Waals surface area contributed by atoms with E-state index < -0.39 is 6.09 Å². The number of nitrogens with one attached hydrogen (secondary N) is 1. The number of carbonyl (C=O) groups is 1. The second-order valence-corrected chi connectivity index (χ2v) is 3.91. The summed E-state index contributed by atoms with van der Waals surface area (Å²) in [5.74, 6) is 0. The van der Waals surface area contributed by atoms with E-state index in [1.165, 1.54) is 0 Å². The van der Waals surface area contributed by atoms with E-state index in [9.17, 15) is 4.79 Å². The molecule has 0 aliphatic carbocycles. The lowest BCUT2D eigenvalue weighted by molar-refractivity contribution is -0.0137. The summed E-state index contributed by atoms with van der Waals surface area (Å²) in [5, 5.41) is 10.6. The molecule has 18 heavy (non-hydrogen) atoms. The molecule has 0 aromatic heterocycles. The molecule has 0 aliphatic heterocycles. The molecule has 0 radical (unpaired) electrons. The van der Waals surface area contributed by atoms with Crippen LogP contribution >= 0.6 is 0 Å². The van der Waals surface area contributed by atoms with Crippen LogP contribution in [0.1, 0.15) is 12.5 Å². The first-order chi connectivity index (χ1) is 8.68. The lowest BCUT2D eigenvalue weighted by Crippen LogP contribution is -2.26. The second-order valence-electron chi connectivity index (χ2n) is 3.91. The van der Waals surface area contributed by atoms with Gasteiger partial charge < -0.3 is 19.9 Å². The summed E-state index contributed by atoms with van der Waals surface area (Å²) in [4.78, 5) is 10.2. The van der Waals surface area contributed by atoms with E-state index in [1.807, 2.05) is 37.3 Å². The standard InChI is InChI=1S/C13H19NO4/c1-11(9-17-8-7-14-13(15)16)18-10-12-5-3-2-4-6-12/h2-6,11,14H,7-10H2,1H3,(H,15,16). The van der Waals surface area contributed by atoms with Gasteiger partial charge in [0.1, 0.15) is 0 Å². The summed E-state index contributed by atoms with van der Waals surface area (Å²) in [5.41, 5.74) is 1.12. The minimum absolute atomic E-state index is 0.0185. The third kappa shape index (κ3) is 6.88. The minimum atomic E-state index is -1.04. The fourth-order valence-electron chi connectivity index (χ4n) is 1.34. The first-order valence-electron chi connectivity index (χ1n) is 5.88. The number of amides is 1. The molecule has 0 heterocycles. The fraction of sp³-hybridized carbons (Fsp3) is 0.462. The van der Waals surface area contributed by atoms with Gasteiger partial charge >= 0.3 is 6.09 Å². The van der Waals surface area contributed by atoms with Gasteiger partial charge in [-0.15, -0.1) is 0 Å². The molecule has 0 saturated heterocycles. The summed E-state index contributed by atoms with van der Waals surface area (Å²) in [6, 6.07) is 9.91. The van der Waals surface area contributed by atoms with Crippen molar-refractivity contribution < 1.29 is 19.4 Å². The highest BCUT2D eigenvalue weighted by Gasteiger charge is 2.03. The summed E-state index contributed by atoms with van der Waals surface area (Å²) in [7, 11) is 0. The lowest BCUT2D eigenvalue weighted by Gasteiger charge is -2.13. The van der Waals surface area contributed by atoms with E-state index in [4.69, 9.17) is 14.6 Å². The molecule has 1 amide bonds. The van der Waals surface area contributed by atoms with Gasteiger partial charge in [-0.05, 0) is 12.5 Å². The first kappa shape index (κ1) is 14.5. The highest BCUT2D eigenvalue weighted by atomic mass is 16.5. The predicted octanol–water partition coefficient (Wildman–Crippen LogP) is 1.88. The number of rotatable bonds is 8. The summed E-state index contributed by atoms with van der Waals surface area (Å²) < 4.78 is 10.9. The van der Waals surface area contributed by atoms with Gasteiger partial charge in [-0.25, -0.2) is 4.79 Å². The molecule has 1 rings (SSSR count). The van der Waals surface area contributed by atoms with Crippen molar-refractivity contribution >= 4 is 6.09 Å². The number of ether oxygens (including phenoxy) is 2. The van der Waals surface area contributed by atoms with E-state index in [0.29, 0.717) is 26.4 Å². The van der Waals surface area contributed by atoms with Crippen LogP contribution < -0.4 is 5.32 Å². The van der Waals surface area contributed by atoms with Crippen LogP contribution in [0, 0.1) is 0 Å². The summed E-state index contributed by atoms with van der Waals surface area (Å²) in [6.45, 7) is 3.58. The van der Waals surface area contributed by atoms with Crippen LogP contribution in [0.2, 0.25) is 0 Å². The average Bonchev–Trinajstić information content (AvgIpc) is 2.37. The van der Waals surface area contributed by atoms with E-state index in [2.05, 4.69) is 5.32 Å². The minimum Gasteiger partial charge on any atom is -0.465 e. The molecule has 0 bridgehead atoms. The topological polar surface area (TPSA) is 67.8 Å². The monoisotopic (exact) mass is 253 g/mol. The number of carboxylic acid groups (broad SMARTS) is 1. The predicted molar refractivity (Wildman–Crippen MR) is 67.5 cm³/mol. The van der Waals surface area contributed by atoms with Crippen molar-refractivity contribution in [2.45, 2.75) is 19.6 Å². The molecule has 0 saturated carbocycles. The fourth-order valence-corrected chi connectivity index (χ4v) is 1.34. The van der Waals surface area contributed by atoms with Crippen molar-refractivity contribution in [2.24, 2.45) is 0 Å². The Kier molecular flexibility index (Phi) is 6.83. The molecule has 1 aromatic carbocycles. The van der Waals surface area contributed by atoms with E-state index >= 15 is 0 Å². The third-order valence-electron chi connectivity index (χ3n) is 2.25. The highest BCUT2D eigenvalue weighted by Crippen LogP contribution is 2.03. The number of benzene rings is 1. The number of hydrogen-bond donors (Lipinski definition) is 2. The Labute approximate surface area is 107 Å². The Morgan fingerprint density at radius 1 is 1.39 bits per heavy atom. The van der Waals surface area contributed by atoms with Crippen LogP contribution in [0.5, 0.6) is 0 Å². The maximum absolute atomic E-state index is 10.2. The first-order valence-corrected chi connectivity index (χ1v) is 5.88. The van der Waals surface area contributed by atoms with Gasteiger partial charge in [0, 0.05) is 6.54 Å². The average molecular weight is 253 g/mol. The second kappa shape index (κ2) is 8.49. The Hall–Kier alpha value is -1.59. The van der Waals surface area contributed by atoms with Crippen molar-refractivity contribution in [3.05, 3.63) is 35.9 Å². The van der Waals surface area contributed by atoms with Gasteiger partial charge in [0.05, 0.1) is 25.9 Å². The van der Waals surface area contributed by atoms with Crippen LogP contribution in [0.15, 0.2) is 30.3 Å². The van der Waals surface area contributed by atoms with Crippen LogP contribution in [0.25, 0.3) is 0 Å². The Morgan fingerprint density at radius 2 is 2.11 bits per heavy atom. The Balaban J connectivity index is 2.04.